The number of carbonyl (C=O) groups is 1. The van der Waals surface area contributed by atoms with Crippen LogP contribution < -0.4 is 11.1 Å². The maximum atomic E-state index is 11.9. The standard InChI is InChI=1S/C13H26N2O2/c1-10(2)7-11(9-14)15-12(16)8-13(17-3)5-4-6-13/h10-11H,4-9,14H2,1-3H3,(H,15,16). The fourth-order valence-corrected chi connectivity index (χ4v) is 2.38. The summed E-state index contributed by atoms with van der Waals surface area (Å²) in [6, 6.07) is 0.0940. The zero-order chi connectivity index (χ0) is 12.9. The van der Waals surface area contributed by atoms with Gasteiger partial charge in [0.1, 0.15) is 0 Å². The minimum absolute atomic E-state index is 0.0719. The molecule has 1 rings (SSSR count). The third kappa shape index (κ3) is 4.28. The Morgan fingerprint density at radius 2 is 2.12 bits per heavy atom. The predicted octanol–water partition coefficient (Wildman–Crippen LogP) is 1.44. The minimum Gasteiger partial charge on any atom is -0.378 e. The van der Waals surface area contributed by atoms with Crippen LogP contribution in [-0.2, 0) is 9.53 Å². The van der Waals surface area contributed by atoms with E-state index >= 15 is 0 Å². The molecule has 0 aliphatic heterocycles. The van der Waals surface area contributed by atoms with Crippen molar-refractivity contribution in [3.05, 3.63) is 0 Å². The van der Waals surface area contributed by atoms with E-state index in [1.165, 1.54) is 0 Å². The lowest BCUT2D eigenvalue weighted by Crippen LogP contribution is -2.47. The van der Waals surface area contributed by atoms with Crippen molar-refractivity contribution in [2.75, 3.05) is 13.7 Å². The quantitative estimate of drug-likeness (QED) is 0.710. The van der Waals surface area contributed by atoms with Crippen LogP contribution in [0.2, 0.25) is 0 Å². The van der Waals surface area contributed by atoms with E-state index < -0.39 is 0 Å². The molecule has 1 aliphatic carbocycles. The highest BCUT2D eigenvalue weighted by molar-refractivity contribution is 5.77. The van der Waals surface area contributed by atoms with E-state index in [-0.39, 0.29) is 17.6 Å². The second kappa shape index (κ2) is 6.36. The third-order valence-electron chi connectivity index (χ3n) is 3.59. The van der Waals surface area contributed by atoms with Gasteiger partial charge in [-0.05, 0) is 31.6 Å². The summed E-state index contributed by atoms with van der Waals surface area (Å²) in [7, 11) is 1.70. The maximum absolute atomic E-state index is 11.9. The smallest absolute Gasteiger partial charge is 0.223 e. The Balaban J connectivity index is 2.36. The molecule has 1 saturated carbocycles. The average Bonchev–Trinajstić information content (AvgIpc) is 2.21. The molecule has 0 aromatic carbocycles. The van der Waals surface area contributed by atoms with Gasteiger partial charge in [0, 0.05) is 19.7 Å². The van der Waals surface area contributed by atoms with E-state index in [0.717, 1.165) is 25.7 Å². The molecule has 4 nitrogen and oxygen atoms in total. The first-order chi connectivity index (χ1) is 8.01. The summed E-state index contributed by atoms with van der Waals surface area (Å²) in [6.07, 6.45) is 4.55. The van der Waals surface area contributed by atoms with Gasteiger partial charge in [-0.15, -0.1) is 0 Å². The molecule has 1 amide bonds. The van der Waals surface area contributed by atoms with Gasteiger partial charge in [-0.2, -0.15) is 0 Å². The van der Waals surface area contributed by atoms with Crippen molar-refractivity contribution in [1.29, 1.82) is 0 Å². The Bertz CT molecular complexity index is 244. The summed E-state index contributed by atoms with van der Waals surface area (Å²) in [5, 5.41) is 3.01. The molecule has 3 N–H and O–H groups in total. The average molecular weight is 242 g/mol. The summed E-state index contributed by atoms with van der Waals surface area (Å²) in [5.74, 6) is 0.617. The molecule has 0 heterocycles. The zero-order valence-corrected chi connectivity index (χ0v) is 11.3. The highest BCUT2D eigenvalue weighted by atomic mass is 16.5. The molecule has 100 valence electrons. The monoisotopic (exact) mass is 242 g/mol. The van der Waals surface area contributed by atoms with E-state index in [1.54, 1.807) is 7.11 Å². The molecular weight excluding hydrogens is 216 g/mol. The molecule has 1 unspecified atom stereocenters. The van der Waals surface area contributed by atoms with Gasteiger partial charge in [-0.3, -0.25) is 4.79 Å². The molecule has 0 saturated heterocycles. The number of nitrogens with one attached hydrogen (secondary N) is 1. The number of methoxy groups -OCH3 is 1. The molecule has 1 atom stereocenters. The van der Waals surface area contributed by atoms with Crippen molar-refractivity contribution in [3.8, 4) is 0 Å². The lowest BCUT2D eigenvalue weighted by atomic mass is 9.77. The van der Waals surface area contributed by atoms with Gasteiger partial charge in [0.05, 0.1) is 12.0 Å². The molecule has 0 bridgehead atoms. The number of hydrogen-bond donors (Lipinski definition) is 2. The molecule has 1 fully saturated rings. The summed E-state index contributed by atoms with van der Waals surface area (Å²) < 4.78 is 5.45. The minimum atomic E-state index is -0.193. The fraction of sp³-hybridized carbons (Fsp3) is 0.923. The molecule has 4 heteroatoms. The van der Waals surface area contributed by atoms with Gasteiger partial charge in [-0.25, -0.2) is 0 Å². The van der Waals surface area contributed by atoms with E-state index in [2.05, 4.69) is 19.2 Å². The zero-order valence-electron chi connectivity index (χ0n) is 11.3. The van der Waals surface area contributed by atoms with E-state index in [0.29, 0.717) is 18.9 Å². The second-order valence-corrected chi connectivity index (χ2v) is 5.55. The number of ether oxygens (including phenoxy) is 1. The molecule has 17 heavy (non-hydrogen) atoms. The number of amides is 1. The van der Waals surface area contributed by atoms with Crippen LogP contribution in [0.5, 0.6) is 0 Å². The largest absolute Gasteiger partial charge is 0.378 e. The summed E-state index contributed by atoms with van der Waals surface area (Å²) >= 11 is 0. The third-order valence-corrected chi connectivity index (χ3v) is 3.59. The van der Waals surface area contributed by atoms with Gasteiger partial charge >= 0.3 is 0 Å². The van der Waals surface area contributed by atoms with Crippen LogP contribution in [0.25, 0.3) is 0 Å². The van der Waals surface area contributed by atoms with Crippen LogP contribution in [0.4, 0.5) is 0 Å². The van der Waals surface area contributed by atoms with Crippen LogP contribution >= 0.6 is 0 Å². The maximum Gasteiger partial charge on any atom is 0.223 e. The second-order valence-electron chi connectivity index (χ2n) is 5.55. The highest BCUT2D eigenvalue weighted by Crippen LogP contribution is 2.37. The van der Waals surface area contributed by atoms with Crippen LogP contribution in [0.15, 0.2) is 0 Å². The summed E-state index contributed by atoms with van der Waals surface area (Å²) in [5.41, 5.74) is 5.47. The Labute approximate surface area is 104 Å². The summed E-state index contributed by atoms with van der Waals surface area (Å²) in [4.78, 5) is 11.9. The first kappa shape index (κ1) is 14.5. The van der Waals surface area contributed by atoms with E-state index in [9.17, 15) is 4.79 Å². The van der Waals surface area contributed by atoms with Gasteiger partial charge in [0.2, 0.25) is 5.91 Å². The van der Waals surface area contributed by atoms with Crippen molar-refractivity contribution in [2.45, 2.75) is 57.6 Å². The number of nitrogens with two attached hydrogens (primary N) is 1. The number of carbonyl (C=O) groups excluding carboxylic acids is 1. The van der Waals surface area contributed by atoms with Crippen LogP contribution in [0.1, 0.15) is 46.0 Å². The first-order valence-corrected chi connectivity index (χ1v) is 6.56. The molecule has 0 spiro atoms. The molecule has 0 radical (unpaired) electrons. The van der Waals surface area contributed by atoms with Crippen molar-refractivity contribution < 1.29 is 9.53 Å². The lowest BCUT2D eigenvalue weighted by Gasteiger charge is -2.40. The highest BCUT2D eigenvalue weighted by Gasteiger charge is 2.39. The predicted molar refractivity (Wildman–Crippen MR) is 68.6 cm³/mol. The van der Waals surface area contributed by atoms with E-state index in [4.69, 9.17) is 10.5 Å². The Kier molecular flexibility index (Phi) is 5.40. The van der Waals surface area contributed by atoms with Gasteiger partial charge in [-0.1, -0.05) is 13.8 Å². The van der Waals surface area contributed by atoms with Gasteiger partial charge in [0.25, 0.3) is 0 Å². The Morgan fingerprint density at radius 3 is 2.47 bits per heavy atom. The van der Waals surface area contributed by atoms with Crippen molar-refractivity contribution in [2.24, 2.45) is 11.7 Å². The number of rotatable bonds is 7. The number of hydrogen-bond acceptors (Lipinski definition) is 3. The Hall–Kier alpha value is -0.610. The Morgan fingerprint density at radius 1 is 1.47 bits per heavy atom. The normalized spacial score (nSPS) is 19.8. The van der Waals surface area contributed by atoms with Gasteiger partial charge in [0.15, 0.2) is 0 Å². The van der Waals surface area contributed by atoms with E-state index in [1.807, 2.05) is 0 Å². The lowest BCUT2D eigenvalue weighted by molar-refractivity contribution is -0.134. The van der Waals surface area contributed by atoms with Crippen molar-refractivity contribution in [3.63, 3.8) is 0 Å². The van der Waals surface area contributed by atoms with Crippen LogP contribution in [-0.4, -0.2) is 31.2 Å². The van der Waals surface area contributed by atoms with Crippen molar-refractivity contribution in [1.82, 2.24) is 5.32 Å². The molecule has 0 aromatic heterocycles. The van der Waals surface area contributed by atoms with Crippen molar-refractivity contribution >= 4 is 5.91 Å². The van der Waals surface area contributed by atoms with Crippen LogP contribution in [0, 0.1) is 5.92 Å². The fourth-order valence-electron chi connectivity index (χ4n) is 2.38. The summed E-state index contributed by atoms with van der Waals surface area (Å²) in [6.45, 7) is 4.78. The molecular formula is C13H26N2O2. The molecule has 1 aliphatic rings. The first-order valence-electron chi connectivity index (χ1n) is 6.56. The molecule has 0 aromatic rings. The van der Waals surface area contributed by atoms with Gasteiger partial charge < -0.3 is 15.8 Å². The topological polar surface area (TPSA) is 64.3 Å². The van der Waals surface area contributed by atoms with Crippen LogP contribution in [0.3, 0.4) is 0 Å². The SMILES string of the molecule is COC1(CC(=O)NC(CN)CC(C)C)CCC1.